The highest BCUT2D eigenvalue weighted by Crippen LogP contribution is 2.17. The van der Waals surface area contributed by atoms with E-state index in [0.717, 1.165) is 12.5 Å². The third-order valence-electron chi connectivity index (χ3n) is 1.78. The monoisotopic (exact) mass is 249 g/mol. The second-order valence-corrected chi connectivity index (χ2v) is 5.61. The Morgan fingerprint density at radius 3 is 1.56 bits per heavy atom. The molecule has 0 spiro atoms. The van der Waals surface area contributed by atoms with Crippen LogP contribution in [-0.4, -0.2) is 35.2 Å². The molecule has 0 aliphatic carbocycles. The average Bonchev–Trinajstić information content (AvgIpc) is 2.30. The van der Waals surface area contributed by atoms with Crippen LogP contribution >= 0.6 is 0 Å². The maximum absolute atomic E-state index is 6.00. The van der Waals surface area contributed by atoms with Crippen LogP contribution in [0.3, 0.4) is 0 Å². The number of nitrogens with two attached hydrogens (primary N) is 1. The van der Waals surface area contributed by atoms with Gasteiger partial charge in [0, 0.05) is 36.7 Å². The highest BCUT2D eigenvalue weighted by molar-refractivity contribution is 6.60. The summed E-state index contributed by atoms with van der Waals surface area (Å²) < 4.78 is 17.0. The summed E-state index contributed by atoms with van der Waals surface area (Å²) in [6.45, 7) is 8.44. The van der Waals surface area contributed by atoms with Crippen LogP contribution in [0.5, 0.6) is 0 Å². The highest BCUT2D eigenvalue weighted by Gasteiger charge is 2.39. The molecule has 0 saturated carbocycles. The van der Waals surface area contributed by atoms with Crippen LogP contribution < -0.4 is 5.73 Å². The summed E-state index contributed by atoms with van der Waals surface area (Å²) in [7, 11) is -2.40. The molecule has 0 atom stereocenters. The van der Waals surface area contributed by atoms with Gasteiger partial charge in [0.25, 0.3) is 0 Å². The fourth-order valence-electron chi connectivity index (χ4n) is 1.32. The number of hydrogen-bond acceptors (Lipinski definition) is 6. The molecule has 0 aliphatic rings. The van der Waals surface area contributed by atoms with Gasteiger partial charge in [0.2, 0.25) is 0 Å². The zero-order valence-corrected chi connectivity index (χ0v) is 11.4. The van der Waals surface area contributed by atoms with Gasteiger partial charge in [0.15, 0.2) is 0 Å². The Morgan fingerprint density at radius 2 is 1.31 bits per heavy atom. The van der Waals surface area contributed by atoms with Crippen molar-refractivity contribution >= 4 is 8.80 Å². The number of nitrogens with zero attached hydrogens (tertiary/aromatic N) is 2. The lowest BCUT2D eigenvalue weighted by molar-refractivity contribution is 0.0710. The molecule has 0 unspecified atom stereocenters. The van der Waals surface area contributed by atoms with Gasteiger partial charge in [-0.3, -0.25) is 0 Å². The van der Waals surface area contributed by atoms with E-state index >= 15 is 0 Å². The van der Waals surface area contributed by atoms with Gasteiger partial charge < -0.3 is 19.0 Å². The number of rotatable bonds is 9. The van der Waals surface area contributed by atoms with Gasteiger partial charge >= 0.3 is 8.80 Å². The molecule has 7 heteroatoms. The molecule has 0 fully saturated rings. The van der Waals surface area contributed by atoms with Crippen LogP contribution in [0.2, 0.25) is 6.04 Å². The Hall–Kier alpha value is -0.523. The predicted molar refractivity (Wildman–Crippen MR) is 62.6 cm³/mol. The van der Waals surface area contributed by atoms with Crippen LogP contribution in [-0.2, 0) is 13.3 Å². The first kappa shape index (κ1) is 17.9. The van der Waals surface area contributed by atoms with Gasteiger partial charge in [-0.1, -0.05) is 0 Å². The quantitative estimate of drug-likeness (QED) is 0.489. The normalized spacial score (nSPS) is 10.6. The van der Waals surface area contributed by atoms with Crippen molar-refractivity contribution in [3.8, 4) is 0 Å². The van der Waals surface area contributed by atoms with E-state index in [1.807, 2.05) is 20.8 Å². The largest absolute Gasteiger partial charge is 0.500 e. The van der Waals surface area contributed by atoms with Gasteiger partial charge in [-0.05, 0) is 33.7 Å². The molecule has 0 aromatic heterocycles. The molecule has 96 valence electrons. The summed E-state index contributed by atoms with van der Waals surface area (Å²) in [6.07, 6.45) is 0.895. The standard InChI is InChI=1S/C9H23NO3Si.N2/c1-4-11-14(12-5-2,13-6-3)9-7-8-10;1-2/h4-10H2,1-3H3;. The molecule has 0 bridgehead atoms. The van der Waals surface area contributed by atoms with Crippen molar-refractivity contribution in [3.63, 3.8) is 0 Å². The number of hydrogen-bond donors (Lipinski definition) is 1. The molecule has 0 aromatic rings. The van der Waals surface area contributed by atoms with Crippen molar-refractivity contribution in [2.75, 3.05) is 26.4 Å². The van der Waals surface area contributed by atoms with E-state index in [2.05, 4.69) is 0 Å². The van der Waals surface area contributed by atoms with Gasteiger partial charge in [-0.25, -0.2) is 0 Å². The van der Waals surface area contributed by atoms with E-state index in [-0.39, 0.29) is 0 Å². The fourth-order valence-corrected chi connectivity index (χ4v) is 3.96. The summed E-state index contributed by atoms with van der Waals surface area (Å²) in [5, 5.41) is 12.0. The molecule has 16 heavy (non-hydrogen) atoms. The van der Waals surface area contributed by atoms with Crippen LogP contribution in [0.4, 0.5) is 0 Å². The van der Waals surface area contributed by atoms with Crippen molar-refractivity contribution in [1.82, 2.24) is 0 Å². The van der Waals surface area contributed by atoms with E-state index in [0.29, 0.717) is 26.4 Å². The Bertz CT molecular complexity index is 152. The third-order valence-corrected chi connectivity index (χ3v) is 4.93. The highest BCUT2D eigenvalue weighted by atomic mass is 28.4. The summed E-state index contributed by atoms with van der Waals surface area (Å²) >= 11 is 0. The molecule has 0 amide bonds. The first-order valence-corrected chi connectivity index (χ1v) is 7.49. The maximum Gasteiger partial charge on any atom is 0.500 e. The van der Waals surface area contributed by atoms with E-state index in [4.69, 9.17) is 29.8 Å². The first-order valence-electron chi connectivity index (χ1n) is 5.56. The van der Waals surface area contributed by atoms with Crippen molar-refractivity contribution in [3.05, 3.63) is 0 Å². The summed E-state index contributed by atoms with van der Waals surface area (Å²) in [5.41, 5.74) is 5.48. The molecule has 6 nitrogen and oxygen atoms in total. The molecule has 0 aliphatic heterocycles. The van der Waals surface area contributed by atoms with Gasteiger partial charge in [-0.2, -0.15) is 0 Å². The maximum atomic E-state index is 6.00. The molecule has 0 saturated heterocycles. The van der Waals surface area contributed by atoms with E-state index in [9.17, 15) is 0 Å². The minimum atomic E-state index is -2.40. The Balaban J connectivity index is 0. The van der Waals surface area contributed by atoms with E-state index < -0.39 is 8.80 Å². The smallest absolute Gasteiger partial charge is 0.374 e. The molecular weight excluding hydrogens is 226 g/mol. The van der Waals surface area contributed by atoms with Gasteiger partial charge in [0.05, 0.1) is 0 Å². The fraction of sp³-hybridized carbons (Fsp3) is 1.00. The van der Waals surface area contributed by atoms with Gasteiger partial charge in [0.1, 0.15) is 0 Å². The minimum Gasteiger partial charge on any atom is -0.374 e. The topological polar surface area (TPSA) is 101 Å². The first-order chi connectivity index (χ1) is 7.74. The predicted octanol–water partition coefficient (Wildman–Crippen LogP) is 1.41. The Labute approximate surface area is 98.8 Å². The molecule has 0 aromatic carbocycles. The second-order valence-electron chi connectivity index (χ2n) is 2.87. The Morgan fingerprint density at radius 1 is 0.938 bits per heavy atom. The van der Waals surface area contributed by atoms with Crippen LogP contribution in [0.15, 0.2) is 0 Å². The lowest BCUT2D eigenvalue weighted by Gasteiger charge is -2.28. The third kappa shape index (κ3) is 7.73. The van der Waals surface area contributed by atoms with Crippen LogP contribution in [0, 0.1) is 10.8 Å². The van der Waals surface area contributed by atoms with Gasteiger partial charge in [-0.15, -0.1) is 0 Å². The molecule has 0 heterocycles. The van der Waals surface area contributed by atoms with Crippen molar-refractivity contribution in [1.29, 1.82) is 10.8 Å². The SMILES string of the molecule is CCO[Si](CCCN)(OCC)OCC.N#N. The van der Waals surface area contributed by atoms with Crippen LogP contribution in [0.25, 0.3) is 0 Å². The van der Waals surface area contributed by atoms with E-state index in [1.54, 1.807) is 0 Å². The minimum absolute atomic E-state index is 0.636. The second kappa shape index (κ2) is 12.5. The molecular formula is C9H23N3O3Si. The van der Waals surface area contributed by atoms with Crippen molar-refractivity contribution in [2.24, 2.45) is 5.73 Å². The van der Waals surface area contributed by atoms with Crippen LogP contribution in [0.1, 0.15) is 27.2 Å². The molecule has 0 radical (unpaired) electrons. The molecule has 0 rings (SSSR count). The lowest BCUT2D eigenvalue weighted by atomic mass is 10.5. The van der Waals surface area contributed by atoms with E-state index in [1.165, 1.54) is 0 Å². The lowest BCUT2D eigenvalue weighted by Crippen LogP contribution is -2.46. The molecule has 2 N–H and O–H groups in total. The Kier molecular flexibility index (Phi) is 14.0. The van der Waals surface area contributed by atoms with Crippen molar-refractivity contribution in [2.45, 2.75) is 33.2 Å². The zero-order valence-electron chi connectivity index (χ0n) is 10.4. The summed E-state index contributed by atoms with van der Waals surface area (Å²) in [5.74, 6) is 0. The summed E-state index contributed by atoms with van der Waals surface area (Å²) in [4.78, 5) is 0. The van der Waals surface area contributed by atoms with Crippen molar-refractivity contribution < 1.29 is 13.3 Å². The average molecular weight is 249 g/mol. The summed E-state index contributed by atoms with van der Waals surface area (Å²) in [6, 6.07) is 0.818. The zero-order chi connectivity index (χ0) is 12.9.